The molecule has 118 valence electrons. The van der Waals surface area contributed by atoms with E-state index in [1.54, 1.807) is 50.6 Å². The number of hydrogen-bond acceptors (Lipinski definition) is 4. The van der Waals surface area contributed by atoms with E-state index in [1.165, 1.54) is 0 Å². The fourth-order valence-corrected chi connectivity index (χ4v) is 3.17. The third-order valence-corrected chi connectivity index (χ3v) is 4.64. The molecule has 0 radical (unpaired) electrons. The van der Waals surface area contributed by atoms with E-state index in [-0.39, 0.29) is 11.4 Å². The van der Waals surface area contributed by atoms with E-state index in [9.17, 15) is 8.42 Å². The van der Waals surface area contributed by atoms with Gasteiger partial charge in [0.2, 0.25) is 10.0 Å². The van der Waals surface area contributed by atoms with Gasteiger partial charge in [-0.2, -0.15) is 0 Å². The Kier molecular flexibility index (Phi) is 5.05. The zero-order valence-electron chi connectivity index (χ0n) is 12.8. The van der Waals surface area contributed by atoms with Crippen LogP contribution in [0.2, 0.25) is 0 Å². The van der Waals surface area contributed by atoms with E-state index < -0.39 is 10.0 Å². The van der Waals surface area contributed by atoms with Crippen LogP contribution in [0.3, 0.4) is 0 Å². The molecule has 2 rings (SSSR count). The van der Waals surface area contributed by atoms with E-state index in [4.69, 9.17) is 9.47 Å². The summed E-state index contributed by atoms with van der Waals surface area (Å²) in [7, 11) is -0.472. The Morgan fingerprint density at radius 1 is 1.05 bits per heavy atom. The average molecular weight is 321 g/mol. The predicted octanol–water partition coefficient (Wildman–Crippen LogP) is 2.49. The number of nitrogens with one attached hydrogen (secondary N) is 1. The van der Waals surface area contributed by atoms with Crippen molar-refractivity contribution in [1.82, 2.24) is 4.72 Å². The van der Waals surface area contributed by atoms with Crippen molar-refractivity contribution in [3.8, 4) is 11.5 Å². The van der Waals surface area contributed by atoms with Gasteiger partial charge in [-0.1, -0.05) is 12.1 Å². The topological polar surface area (TPSA) is 64.6 Å². The number of hydrogen-bond donors (Lipinski definition) is 1. The summed E-state index contributed by atoms with van der Waals surface area (Å²) in [5, 5.41) is 0. The van der Waals surface area contributed by atoms with Gasteiger partial charge in [-0.25, -0.2) is 13.1 Å². The highest BCUT2D eigenvalue weighted by atomic mass is 32.2. The van der Waals surface area contributed by atoms with Crippen molar-refractivity contribution < 1.29 is 17.9 Å². The number of methoxy groups -OCH3 is 2. The van der Waals surface area contributed by atoms with Crippen LogP contribution in [0.1, 0.15) is 11.1 Å². The SMILES string of the molecule is COc1ccc(OC)c(CNS(=O)(=O)c2cccc(C)c2)c1. The van der Waals surface area contributed by atoms with Crippen LogP contribution in [-0.2, 0) is 16.6 Å². The summed E-state index contributed by atoms with van der Waals surface area (Å²) >= 11 is 0. The quantitative estimate of drug-likeness (QED) is 0.888. The summed E-state index contributed by atoms with van der Waals surface area (Å²) < 4.78 is 37.6. The molecule has 0 bridgehead atoms. The van der Waals surface area contributed by atoms with Gasteiger partial charge in [-0.15, -0.1) is 0 Å². The molecule has 0 heterocycles. The maximum atomic E-state index is 12.3. The number of sulfonamides is 1. The van der Waals surface area contributed by atoms with Gasteiger partial charge in [0, 0.05) is 12.1 Å². The molecule has 6 heteroatoms. The molecule has 0 amide bonds. The lowest BCUT2D eigenvalue weighted by atomic mass is 10.2. The van der Waals surface area contributed by atoms with Crippen molar-refractivity contribution in [2.45, 2.75) is 18.4 Å². The zero-order chi connectivity index (χ0) is 16.2. The van der Waals surface area contributed by atoms with E-state index >= 15 is 0 Å². The number of benzene rings is 2. The Morgan fingerprint density at radius 3 is 2.45 bits per heavy atom. The van der Waals surface area contributed by atoms with Crippen LogP contribution in [-0.4, -0.2) is 22.6 Å². The van der Waals surface area contributed by atoms with Gasteiger partial charge in [-0.05, 0) is 42.8 Å². The second-order valence-corrected chi connectivity index (χ2v) is 6.59. The average Bonchev–Trinajstić information content (AvgIpc) is 2.52. The Bertz CT molecular complexity index is 756. The summed E-state index contributed by atoms with van der Waals surface area (Å²) in [6.07, 6.45) is 0. The first-order valence-corrected chi connectivity index (χ1v) is 8.22. The smallest absolute Gasteiger partial charge is 0.240 e. The molecule has 2 aromatic rings. The molecule has 0 aliphatic carbocycles. The fraction of sp³-hybridized carbons (Fsp3) is 0.250. The predicted molar refractivity (Wildman–Crippen MR) is 84.8 cm³/mol. The van der Waals surface area contributed by atoms with Crippen molar-refractivity contribution in [2.75, 3.05) is 14.2 Å². The second-order valence-electron chi connectivity index (χ2n) is 4.82. The highest BCUT2D eigenvalue weighted by Gasteiger charge is 2.15. The van der Waals surface area contributed by atoms with Gasteiger partial charge in [-0.3, -0.25) is 0 Å². The molecule has 0 aromatic heterocycles. The van der Waals surface area contributed by atoms with Crippen LogP contribution in [0.25, 0.3) is 0 Å². The largest absolute Gasteiger partial charge is 0.497 e. The maximum Gasteiger partial charge on any atom is 0.240 e. The first-order chi connectivity index (χ1) is 10.5. The van der Waals surface area contributed by atoms with Crippen LogP contribution in [0.15, 0.2) is 47.4 Å². The first-order valence-electron chi connectivity index (χ1n) is 6.73. The zero-order valence-corrected chi connectivity index (χ0v) is 13.6. The molecular formula is C16H19NO4S. The molecule has 0 spiro atoms. The molecule has 0 unspecified atom stereocenters. The first kappa shape index (κ1) is 16.3. The van der Waals surface area contributed by atoms with Crippen LogP contribution in [0.4, 0.5) is 0 Å². The lowest BCUT2D eigenvalue weighted by molar-refractivity contribution is 0.398. The molecule has 0 saturated carbocycles. The van der Waals surface area contributed by atoms with Gasteiger partial charge in [0.15, 0.2) is 0 Å². The van der Waals surface area contributed by atoms with Crippen LogP contribution in [0.5, 0.6) is 11.5 Å². The van der Waals surface area contributed by atoms with Crippen molar-refractivity contribution in [2.24, 2.45) is 0 Å². The number of rotatable bonds is 6. The summed E-state index contributed by atoms with van der Waals surface area (Å²) in [6, 6.07) is 12.0. The molecule has 2 aromatic carbocycles. The normalized spacial score (nSPS) is 11.2. The summed E-state index contributed by atoms with van der Waals surface area (Å²) in [4.78, 5) is 0.245. The highest BCUT2D eigenvalue weighted by molar-refractivity contribution is 7.89. The molecule has 0 saturated heterocycles. The Hall–Kier alpha value is -2.05. The standard InChI is InChI=1S/C16H19NO4S/c1-12-5-4-6-15(9-12)22(18,19)17-11-13-10-14(20-2)7-8-16(13)21-3/h4-10,17H,11H2,1-3H3. The Balaban J connectivity index is 2.22. The monoisotopic (exact) mass is 321 g/mol. The highest BCUT2D eigenvalue weighted by Crippen LogP contribution is 2.24. The minimum Gasteiger partial charge on any atom is -0.497 e. The molecule has 1 N–H and O–H groups in total. The molecule has 0 aliphatic rings. The van der Waals surface area contributed by atoms with Crippen LogP contribution < -0.4 is 14.2 Å². The molecule has 22 heavy (non-hydrogen) atoms. The molecule has 5 nitrogen and oxygen atoms in total. The lowest BCUT2D eigenvalue weighted by Crippen LogP contribution is -2.23. The number of aryl methyl sites for hydroxylation is 1. The van der Waals surface area contributed by atoms with Gasteiger partial charge in [0.05, 0.1) is 19.1 Å². The Labute approximate surface area is 130 Å². The minimum absolute atomic E-state index is 0.122. The van der Waals surface area contributed by atoms with Crippen molar-refractivity contribution in [3.05, 3.63) is 53.6 Å². The third-order valence-electron chi connectivity index (χ3n) is 3.24. The van der Waals surface area contributed by atoms with Gasteiger partial charge < -0.3 is 9.47 Å². The second kappa shape index (κ2) is 6.81. The van der Waals surface area contributed by atoms with Crippen molar-refractivity contribution >= 4 is 10.0 Å². The molecule has 0 fully saturated rings. The van der Waals surface area contributed by atoms with Crippen molar-refractivity contribution in [1.29, 1.82) is 0 Å². The summed E-state index contributed by atoms with van der Waals surface area (Å²) in [5.41, 5.74) is 1.60. The molecule has 0 atom stereocenters. The summed E-state index contributed by atoms with van der Waals surface area (Å²) in [5.74, 6) is 1.25. The van der Waals surface area contributed by atoms with Crippen molar-refractivity contribution in [3.63, 3.8) is 0 Å². The van der Waals surface area contributed by atoms with Gasteiger partial charge in [0.1, 0.15) is 11.5 Å². The maximum absolute atomic E-state index is 12.3. The lowest BCUT2D eigenvalue weighted by Gasteiger charge is -2.12. The molecule has 0 aliphatic heterocycles. The van der Waals surface area contributed by atoms with Gasteiger partial charge >= 0.3 is 0 Å². The number of ether oxygens (including phenoxy) is 2. The fourth-order valence-electron chi connectivity index (χ4n) is 2.06. The van der Waals surface area contributed by atoms with Crippen LogP contribution >= 0.6 is 0 Å². The minimum atomic E-state index is -3.57. The van der Waals surface area contributed by atoms with Gasteiger partial charge in [0.25, 0.3) is 0 Å². The third kappa shape index (κ3) is 3.78. The van der Waals surface area contributed by atoms with E-state index in [1.807, 2.05) is 13.0 Å². The Morgan fingerprint density at radius 2 is 1.82 bits per heavy atom. The van der Waals surface area contributed by atoms with E-state index in [0.29, 0.717) is 17.1 Å². The van der Waals surface area contributed by atoms with E-state index in [2.05, 4.69) is 4.72 Å². The molecular weight excluding hydrogens is 302 g/mol. The summed E-state index contributed by atoms with van der Waals surface area (Å²) in [6.45, 7) is 1.97. The van der Waals surface area contributed by atoms with Crippen LogP contribution in [0, 0.1) is 6.92 Å². The van der Waals surface area contributed by atoms with E-state index in [0.717, 1.165) is 5.56 Å².